The van der Waals surface area contributed by atoms with Gasteiger partial charge >= 0.3 is 13.1 Å². The first-order valence-corrected chi connectivity index (χ1v) is 6.51. The highest BCUT2D eigenvalue weighted by Gasteiger charge is 2.51. The van der Waals surface area contributed by atoms with Crippen molar-refractivity contribution in [2.45, 2.75) is 38.9 Å². The summed E-state index contributed by atoms with van der Waals surface area (Å²) < 4.78 is 25.4. The van der Waals surface area contributed by atoms with Crippen LogP contribution in [0.3, 0.4) is 0 Å². The SMILES string of the molecule is CC1(C)OB(c2cc(F)c(C(=O)O)c(Cl)c2)OC1(C)C. The third-order valence-corrected chi connectivity index (χ3v) is 4.10. The van der Waals surface area contributed by atoms with Crippen molar-refractivity contribution in [1.29, 1.82) is 0 Å². The average Bonchev–Trinajstić information content (AvgIpc) is 2.46. The van der Waals surface area contributed by atoms with E-state index >= 15 is 0 Å². The van der Waals surface area contributed by atoms with Gasteiger partial charge in [0.25, 0.3) is 0 Å². The molecule has 1 saturated heterocycles. The van der Waals surface area contributed by atoms with Crippen LogP contribution < -0.4 is 5.46 Å². The summed E-state index contributed by atoms with van der Waals surface area (Å²) >= 11 is 5.82. The molecule has 1 aliphatic rings. The van der Waals surface area contributed by atoms with Gasteiger partial charge in [-0.05, 0) is 45.3 Å². The maximum absolute atomic E-state index is 13.8. The highest BCUT2D eigenvalue weighted by molar-refractivity contribution is 6.62. The third-order valence-electron chi connectivity index (χ3n) is 3.80. The maximum Gasteiger partial charge on any atom is 0.494 e. The molecule has 1 aromatic carbocycles. The predicted octanol–water partition coefficient (Wildman–Crippen LogP) is 2.48. The topological polar surface area (TPSA) is 55.8 Å². The van der Waals surface area contributed by atoms with E-state index in [0.717, 1.165) is 6.07 Å². The highest BCUT2D eigenvalue weighted by Crippen LogP contribution is 2.36. The molecule has 1 fully saturated rings. The van der Waals surface area contributed by atoms with Crippen molar-refractivity contribution < 1.29 is 23.6 Å². The quantitative estimate of drug-likeness (QED) is 0.853. The van der Waals surface area contributed by atoms with Crippen LogP contribution in [0.2, 0.25) is 5.02 Å². The molecule has 0 unspecified atom stereocenters. The predicted molar refractivity (Wildman–Crippen MR) is 74.1 cm³/mol. The smallest absolute Gasteiger partial charge is 0.478 e. The molecule has 0 atom stereocenters. The molecule has 2 rings (SSSR count). The largest absolute Gasteiger partial charge is 0.494 e. The van der Waals surface area contributed by atoms with Gasteiger partial charge < -0.3 is 14.4 Å². The molecule has 0 spiro atoms. The Morgan fingerprint density at radius 2 is 1.75 bits per heavy atom. The van der Waals surface area contributed by atoms with Crippen LogP contribution in [-0.2, 0) is 9.31 Å². The summed E-state index contributed by atoms with van der Waals surface area (Å²) in [7, 11) is -0.783. The molecular formula is C13H15BClFO4. The van der Waals surface area contributed by atoms with Crippen LogP contribution in [0, 0.1) is 5.82 Å². The van der Waals surface area contributed by atoms with Crippen molar-refractivity contribution in [2.75, 3.05) is 0 Å². The second-order valence-electron chi connectivity index (χ2n) is 5.75. The molecule has 1 aliphatic heterocycles. The number of aromatic carboxylic acids is 1. The zero-order valence-corrected chi connectivity index (χ0v) is 12.4. The summed E-state index contributed by atoms with van der Waals surface area (Å²) in [5.74, 6) is -2.32. The Hall–Kier alpha value is -1.11. The summed E-state index contributed by atoms with van der Waals surface area (Å²) in [4.78, 5) is 10.9. The monoisotopic (exact) mass is 300 g/mol. The average molecular weight is 301 g/mol. The minimum Gasteiger partial charge on any atom is -0.478 e. The summed E-state index contributed by atoms with van der Waals surface area (Å²) in [6.45, 7) is 7.49. The van der Waals surface area contributed by atoms with Crippen molar-refractivity contribution in [1.82, 2.24) is 0 Å². The fourth-order valence-corrected chi connectivity index (χ4v) is 2.21. The summed E-state index contributed by atoms with van der Waals surface area (Å²) in [5, 5.41) is 8.70. The van der Waals surface area contributed by atoms with Crippen LogP contribution in [0.4, 0.5) is 4.39 Å². The van der Waals surface area contributed by atoms with Crippen LogP contribution >= 0.6 is 11.6 Å². The van der Waals surface area contributed by atoms with E-state index in [1.165, 1.54) is 6.07 Å². The number of benzene rings is 1. The van der Waals surface area contributed by atoms with Crippen molar-refractivity contribution in [3.8, 4) is 0 Å². The second-order valence-corrected chi connectivity index (χ2v) is 6.16. The Kier molecular flexibility index (Phi) is 3.61. The van der Waals surface area contributed by atoms with E-state index in [0.29, 0.717) is 5.46 Å². The normalized spacial score (nSPS) is 20.2. The summed E-state index contributed by atoms with van der Waals surface area (Å²) in [6.07, 6.45) is 0. The van der Waals surface area contributed by atoms with Gasteiger partial charge in [-0.15, -0.1) is 0 Å². The highest BCUT2D eigenvalue weighted by atomic mass is 35.5. The minimum atomic E-state index is -1.41. The fourth-order valence-electron chi connectivity index (χ4n) is 1.91. The number of hydrogen-bond donors (Lipinski definition) is 1. The van der Waals surface area contributed by atoms with E-state index in [1.54, 1.807) is 0 Å². The van der Waals surface area contributed by atoms with Gasteiger partial charge in [0.2, 0.25) is 0 Å². The lowest BCUT2D eigenvalue weighted by Crippen LogP contribution is -2.41. The molecule has 7 heteroatoms. The Balaban J connectivity index is 2.40. The Morgan fingerprint density at radius 1 is 1.25 bits per heavy atom. The van der Waals surface area contributed by atoms with E-state index in [1.807, 2.05) is 27.7 Å². The standard InChI is InChI=1S/C13H15BClFO4/c1-12(2)13(3,4)20-14(19-12)7-5-8(15)10(11(17)18)9(16)6-7/h5-6H,1-4H3,(H,17,18). The molecule has 0 radical (unpaired) electrons. The molecule has 20 heavy (non-hydrogen) atoms. The Labute approximate surface area is 122 Å². The lowest BCUT2D eigenvalue weighted by molar-refractivity contribution is 0.00578. The Morgan fingerprint density at radius 3 is 2.15 bits per heavy atom. The molecule has 108 valence electrons. The lowest BCUT2D eigenvalue weighted by atomic mass is 9.78. The van der Waals surface area contributed by atoms with E-state index in [4.69, 9.17) is 26.0 Å². The number of carbonyl (C=O) groups is 1. The molecule has 0 amide bonds. The molecule has 0 bridgehead atoms. The van der Waals surface area contributed by atoms with Gasteiger partial charge in [0.15, 0.2) is 0 Å². The van der Waals surface area contributed by atoms with Crippen molar-refractivity contribution in [2.24, 2.45) is 0 Å². The first kappa shape index (κ1) is 15.3. The van der Waals surface area contributed by atoms with Gasteiger partial charge in [-0.3, -0.25) is 0 Å². The van der Waals surface area contributed by atoms with Crippen LogP contribution in [-0.4, -0.2) is 29.4 Å². The number of halogens is 2. The zero-order chi connectivity index (χ0) is 15.3. The minimum absolute atomic E-state index is 0.179. The molecule has 0 aliphatic carbocycles. The van der Waals surface area contributed by atoms with Gasteiger partial charge in [0, 0.05) is 0 Å². The summed E-state index contributed by atoms with van der Waals surface area (Å²) in [6, 6.07) is 2.44. The fraction of sp³-hybridized carbons (Fsp3) is 0.462. The van der Waals surface area contributed by atoms with Gasteiger partial charge in [-0.25, -0.2) is 9.18 Å². The van der Waals surface area contributed by atoms with E-state index in [2.05, 4.69) is 0 Å². The first-order valence-electron chi connectivity index (χ1n) is 6.13. The van der Waals surface area contributed by atoms with E-state index in [9.17, 15) is 9.18 Å². The Bertz CT molecular complexity index is 534. The number of carboxylic acid groups (broad SMARTS) is 1. The van der Waals surface area contributed by atoms with Crippen LogP contribution in [0.15, 0.2) is 12.1 Å². The van der Waals surface area contributed by atoms with E-state index < -0.39 is 35.7 Å². The lowest BCUT2D eigenvalue weighted by Gasteiger charge is -2.32. The van der Waals surface area contributed by atoms with Gasteiger partial charge in [0.05, 0.1) is 16.2 Å². The van der Waals surface area contributed by atoms with Gasteiger partial charge in [-0.2, -0.15) is 0 Å². The van der Waals surface area contributed by atoms with Crippen molar-refractivity contribution in [3.05, 3.63) is 28.5 Å². The molecular weight excluding hydrogens is 285 g/mol. The zero-order valence-electron chi connectivity index (χ0n) is 11.7. The van der Waals surface area contributed by atoms with Crippen molar-refractivity contribution in [3.63, 3.8) is 0 Å². The molecule has 1 N–H and O–H groups in total. The first-order chi connectivity index (χ1) is 9.05. The molecule has 0 aromatic heterocycles. The summed E-state index contributed by atoms with van der Waals surface area (Å²) in [5.41, 5.74) is -1.32. The van der Waals surface area contributed by atoms with Crippen LogP contribution in [0.5, 0.6) is 0 Å². The second kappa shape index (κ2) is 4.72. The number of hydrogen-bond acceptors (Lipinski definition) is 3. The van der Waals surface area contributed by atoms with Crippen molar-refractivity contribution >= 4 is 30.2 Å². The van der Waals surface area contributed by atoms with Gasteiger partial charge in [-0.1, -0.05) is 11.6 Å². The molecule has 4 nitrogen and oxygen atoms in total. The van der Waals surface area contributed by atoms with Gasteiger partial charge in [0.1, 0.15) is 11.4 Å². The number of carboxylic acids is 1. The molecule has 1 heterocycles. The maximum atomic E-state index is 13.8. The van der Waals surface area contributed by atoms with Crippen LogP contribution in [0.1, 0.15) is 38.1 Å². The number of rotatable bonds is 2. The van der Waals surface area contributed by atoms with E-state index in [-0.39, 0.29) is 5.02 Å². The van der Waals surface area contributed by atoms with Crippen LogP contribution in [0.25, 0.3) is 0 Å². The molecule has 0 saturated carbocycles. The third kappa shape index (κ3) is 2.43. The molecule has 1 aromatic rings.